The highest BCUT2D eigenvalue weighted by atomic mass is 16.3. The van der Waals surface area contributed by atoms with Gasteiger partial charge in [0.1, 0.15) is 11.6 Å². The summed E-state index contributed by atoms with van der Waals surface area (Å²) < 4.78 is 0. The van der Waals surface area contributed by atoms with E-state index in [9.17, 15) is 5.11 Å². The number of phenolic OH excluding ortho intramolecular Hbond substituents is 1. The number of rotatable bonds is 3. The number of nitrogens with zero attached hydrogens (tertiary/aromatic N) is 2. The third kappa shape index (κ3) is 2.75. The van der Waals surface area contributed by atoms with Gasteiger partial charge in [-0.1, -0.05) is 18.2 Å². The summed E-state index contributed by atoms with van der Waals surface area (Å²) >= 11 is 0. The van der Waals surface area contributed by atoms with Crippen molar-refractivity contribution in [3.05, 3.63) is 66.2 Å². The number of fused-ring (bicyclic) bond motifs is 1. The molecule has 0 amide bonds. The SMILES string of the molecule is Oc1ccc(/C=N\Nc2ccc3ccccc3n2)cc1. The molecule has 3 aromatic rings. The first-order valence-electron chi connectivity index (χ1n) is 6.25. The first kappa shape index (κ1) is 12.2. The van der Waals surface area contributed by atoms with Crippen molar-refractivity contribution in [2.75, 3.05) is 5.43 Å². The van der Waals surface area contributed by atoms with Gasteiger partial charge in [-0.2, -0.15) is 5.10 Å². The Hall–Kier alpha value is -2.88. The maximum Gasteiger partial charge on any atom is 0.146 e. The first-order chi connectivity index (χ1) is 9.81. The maximum absolute atomic E-state index is 9.19. The zero-order chi connectivity index (χ0) is 13.8. The van der Waals surface area contributed by atoms with Crippen LogP contribution in [-0.4, -0.2) is 16.3 Å². The summed E-state index contributed by atoms with van der Waals surface area (Å²) in [5, 5.41) is 14.4. The molecule has 4 heteroatoms. The van der Waals surface area contributed by atoms with Crippen LogP contribution in [0.2, 0.25) is 0 Å². The van der Waals surface area contributed by atoms with Crippen LogP contribution in [0.15, 0.2) is 65.8 Å². The number of pyridine rings is 1. The standard InChI is InChI=1S/C16H13N3O/c20-14-8-5-12(6-9-14)11-17-19-16-10-7-13-3-1-2-4-15(13)18-16/h1-11,20H,(H,18,19)/b17-11-. The molecule has 4 nitrogen and oxygen atoms in total. The van der Waals surface area contributed by atoms with E-state index in [2.05, 4.69) is 15.5 Å². The summed E-state index contributed by atoms with van der Waals surface area (Å²) in [6.07, 6.45) is 1.68. The van der Waals surface area contributed by atoms with E-state index in [1.54, 1.807) is 30.5 Å². The van der Waals surface area contributed by atoms with Crippen molar-refractivity contribution in [1.82, 2.24) is 4.98 Å². The molecule has 1 aromatic heterocycles. The van der Waals surface area contributed by atoms with E-state index in [0.717, 1.165) is 16.5 Å². The molecule has 0 aliphatic heterocycles. The Morgan fingerprint density at radius 2 is 1.75 bits per heavy atom. The largest absolute Gasteiger partial charge is 0.508 e. The average Bonchev–Trinajstić information content (AvgIpc) is 2.49. The van der Waals surface area contributed by atoms with Crippen LogP contribution in [0.25, 0.3) is 10.9 Å². The number of nitrogens with one attached hydrogen (secondary N) is 1. The molecule has 0 aliphatic carbocycles. The van der Waals surface area contributed by atoms with Gasteiger partial charge in [-0.25, -0.2) is 4.98 Å². The van der Waals surface area contributed by atoms with Gasteiger partial charge in [0, 0.05) is 5.39 Å². The van der Waals surface area contributed by atoms with Crippen molar-refractivity contribution >= 4 is 22.9 Å². The minimum Gasteiger partial charge on any atom is -0.508 e. The second-order valence-electron chi connectivity index (χ2n) is 4.35. The number of anilines is 1. The fourth-order valence-corrected chi connectivity index (χ4v) is 1.86. The highest BCUT2D eigenvalue weighted by molar-refractivity contribution is 5.81. The molecule has 0 unspecified atom stereocenters. The third-order valence-electron chi connectivity index (χ3n) is 2.88. The summed E-state index contributed by atoms with van der Waals surface area (Å²) in [5.74, 6) is 0.935. The molecular formula is C16H13N3O. The summed E-state index contributed by atoms with van der Waals surface area (Å²) in [7, 11) is 0. The third-order valence-corrected chi connectivity index (χ3v) is 2.88. The molecule has 1 heterocycles. The molecule has 0 fully saturated rings. The lowest BCUT2D eigenvalue weighted by Crippen LogP contribution is -1.93. The molecule has 20 heavy (non-hydrogen) atoms. The molecule has 2 aromatic carbocycles. The Kier molecular flexibility index (Phi) is 3.29. The van der Waals surface area contributed by atoms with E-state index in [4.69, 9.17) is 0 Å². The van der Waals surface area contributed by atoms with Gasteiger partial charge in [-0.05, 0) is 48.0 Å². The smallest absolute Gasteiger partial charge is 0.146 e. The van der Waals surface area contributed by atoms with Crippen LogP contribution in [0.3, 0.4) is 0 Å². The number of phenols is 1. The molecule has 98 valence electrons. The number of hydrazone groups is 1. The molecule has 0 atom stereocenters. The van der Waals surface area contributed by atoms with Crippen LogP contribution in [0.4, 0.5) is 5.82 Å². The van der Waals surface area contributed by atoms with Gasteiger partial charge >= 0.3 is 0 Å². The average molecular weight is 263 g/mol. The fourth-order valence-electron chi connectivity index (χ4n) is 1.86. The van der Waals surface area contributed by atoms with Gasteiger partial charge < -0.3 is 5.11 Å². The van der Waals surface area contributed by atoms with Gasteiger partial charge in [0.2, 0.25) is 0 Å². The van der Waals surface area contributed by atoms with Gasteiger partial charge in [0.25, 0.3) is 0 Å². The Bertz CT molecular complexity index is 751. The highest BCUT2D eigenvalue weighted by Crippen LogP contribution is 2.14. The Morgan fingerprint density at radius 1 is 0.950 bits per heavy atom. The van der Waals surface area contributed by atoms with Crippen LogP contribution in [-0.2, 0) is 0 Å². The van der Waals surface area contributed by atoms with Crippen LogP contribution in [0.1, 0.15) is 5.56 Å². The lowest BCUT2D eigenvalue weighted by Gasteiger charge is -2.01. The van der Waals surface area contributed by atoms with Crippen LogP contribution in [0, 0.1) is 0 Å². The summed E-state index contributed by atoms with van der Waals surface area (Å²) in [6, 6.07) is 18.6. The van der Waals surface area contributed by atoms with Gasteiger partial charge in [0.05, 0.1) is 11.7 Å². The predicted octanol–water partition coefficient (Wildman–Crippen LogP) is 3.39. The fraction of sp³-hybridized carbons (Fsp3) is 0. The van der Waals surface area contributed by atoms with E-state index in [0.29, 0.717) is 5.82 Å². The summed E-state index contributed by atoms with van der Waals surface area (Å²) in [4.78, 5) is 4.46. The zero-order valence-electron chi connectivity index (χ0n) is 10.7. The second-order valence-corrected chi connectivity index (χ2v) is 4.35. The predicted molar refractivity (Wildman–Crippen MR) is 81.1 cm³/mol. The summed E-state index contributed by atoms with van der Waals surface area (Å²) in [6.45, 7) is 0. The minimum atomic E-state index is 0.242. The van der Waals surface area contributed by atoms with Crippen molar-refractivity contribution in [3.8, 4) is 5.75 Å². The van der Waals surface area contributed by atoms with Gasteiger partial charge in [-0.3, -0.25) is 5.43 Å². The molecule has 2 N–H and O–H groups in total. The van der Waals surface area contributed by atoms with Crippen LogP contribution < -0.4 is 5.43 Å². The molecule has 0 aliphatic rings. The van der Waals surface area contributed by atoms with Crippen molar-refractivity contribution < 1.29 is 5.11 Å². The van der Waals surface area contributed by atoms with E-state index in [1.165, 1.54) is 0 Å². The zero-order valence-corrected chi connectivity index (χ0v) is 10.7. The molecule has 3 rings (SSSR count). The van der Waals surface area contributed by atoms with Crippen molar-refractivity contribution in [1.29, 1.82) is 0 Å². The van der Waals surface area contributed by atoms with Crippen LogP contribution in [0.5, 0.6) is 5.75 Å². The molecule has 0 radical (unpaired) electrons. The Balaban J connectivity index is 1.74. The summed E-state index contributed by atoms with van der Waals surface area (Å²) in [5.41, 5.74) is 4.72. The first-order valence-corrected chi connectivity index (χ1v) is 6.25. The normalized spacial score (nSPS) is 11.0. The molecular weight excluding hydrogens is 250 g/mol. The van der Waals surface area contributed by atoms with Gasteiger partial charge in [-0.15, -0.1) is 0 Å². The van der Waals surface area contributed by atoms with Crippen molar-refractivity contribution in [3.63, 3.8) is 0 Å². The number of aromatic nitrogens is 1. The number of para-hydroxylation sites is 1. The number of benzene rings is 2. The molecule has 0 bridgehead atoms. The molecule has 0 saturated carbocycles. The van der Waals surface area contributed by atoms with Crippen molar-refractivity contribution in [2.45, 2.75) is 0 Å². The Labute approximate surface area is 116 Å². The number of aromatic hydroxyl groups is 1. The monoisotopic (exact) mass is 263 g/mol. The van der Waals surface area contributed by atoms with Crippen LogP contribution >= 0.6 is 0 Å². The number of hydrogen-bond donors (Lipinski definition) is 2. The maximum atomic E-state index is 9.19. The second kappa shape index (κ2) is 5.40. The van der Waals surface area contributed by atoms with E-state index >= 15 is 0 Å². The molecule has 0 saturated heterocycles. The highest BCUT2D eigenvalue weighted by Gasteiger charge is 1.95. The lowest BCUT2D eigenvalue weighted by atomic mass is 10.2. The van der Waals surface area contributed by atoms with E-state index in [1.807, 2.05) is 36.4 Å². The Morgan fingerprint density at radius 3 is 2.60 bits per heavy atom. The topological polar surface area (TPSA) is 57.5 Å². The number of hydrogen-bond acceptors (Lipinski definition) is 4. The minimum absolute atomic E-state index is 0.242. The van der Waals surface area contributed by atoms with E-state index < -0.39 is 0 Å². The van der Waals surface area contributed by atoms with Crippen molar-refractivity contribution in [2.24, 2.45) is 5.10 Å². The molecule has 0 spiro atoms. The lowest BCUT2D eigenvalue weighted by molar-refractivity contribution is 0.475. The van der Waals surface area contributed by atoms with Gasteiger partial charge in [0.15, 0.2) is 0 Å². The quantitative estimate of drug-likeness (QED) is 0.562. The van der Waals surface area contributed by atoms with E-state index in [-0.39, 0.29) is 5.75 Å².